The predicted molar refractivity (Wildman–Crippen MR) is 533 cm³/mol. The molecule has 14 aromatic carbocycles. The predicted octanol–water partition coefficient (Wildman–Crippen LogP) is 34.0. The second-order valence-corrected chi connectivity index (χ2v) is 33.2. The number of nitro benzene ring substituents is 1. The molecule has 0 fully saturated rings. The Bertz CT molecular complexity index is 8230. The maximum Gasteiger partial charge on any atom is 0.449 e. The first-order chi connectivity index (χ1) is 67.0. The number of aryl methyl sites for hydroxylation is 7. The van der Waals surface area contributed by atoms with Gasteiger partial charge in [0.25, 0.3) is 11.7 Å². The zero-order valence-corrected chi connectivity index (χ0v) is 76.6. The monoisotopic (exact) mass is 1900 g/mol. The van der Waals surface area contributed by atoms with Crippen molar-refractivity contribution in [2.45, 2.75) is 61.1 Å². The Morgan fingerprint density at radius 3 is 1.12 bits per heavy atom. The largest absolute Gasteiger partial charge is 0.508 e. The molecule has 21 rings (SSSR count). The van der Waals surface area contributed by atoms with Crippen LogP contribution >= 0.6 is 23.2 Å². The highest BCUT2D eigenvalue weighted by Gasteiger charge is 2.36. The first-order valence-electron chi connectivity index (χ1n) is 42.5. The van der Waals surface area contributed by atoms with Gasteiger partial charge in [0, 0.05) is 91.3 Å². The number of benzene rings is 14. The second kappa shape index (κ2) is 40.8. The smallest absolute Gasteiger partial charge is 0.449 e. The molecule has 0 atom stereocenters. The summed E-state index contributed by atoms with van der Waals surface area (Å²) in [5.74, 6) is 0.721. The minimum Gasteiger partial charge on any atom is -0.508 e. The van der Waals surface area contributed by atoms with Crippen molar-refractivity contribution in [1.29, 1.82) is 0 Å². The highest BCUT2D eigenvalue weighted by molar-refractivity contribution is 6.30. The van der Waals surface area contributed by atoms with Crippen molar-refractivity contribution in [3.8, 4) is 118 Å². The van der Waals surface area contributed by atoms with Crippen molar-refractivity contribution in [1.82, 2.24) is 0 Å². The van der Waals surface area contributed by atoms with Crippen molar-refractivity contribution in [3.63, 3.8) is 0 Å². The normalized spacial score (nSPS) is 11.1. The molecule has 0 saturated heterocycles. The summed E-state index contributed by atoms with van der Waals surface area (Å²) in [6.07, 6.45) is -0.608. The van der Waals surface area contributed by atoms with Gasteiger partial charge in [-0.15, -0.1) is 0 Å². The van der Waals surface area contributed by atoms with E-state index in [0.29, 0.717) is 107 Å². The van der Waals surface area contributed by atoms with E-state index in [2.05, 4.69) is 60.3 Å². The van der Waals surface area contributed by atoms with Crippen molar-refractivity contribution < 1.29 is 84.4 Å². The average Bonchev–Trinajstić information content (AvgIpc) is 1.62. The lowest BCUT2D eigenvalue weighted by Crippen LogP contribution is -2.01. The molecule has 0 amide bonds. The molecule has 1 aliphatic rings. The summed E-state index contributed by atoms with van der Waals surface area (Å²) in [5.41, 5.74) is 23.2. The molecule has 6 aromatic heterocycles. The van der Waals surface area contributed by atoms with E-state index in [1.165, 1.54) is 54.3 Å². The van der Waals surface area contributed by atoms with E-state index in [-0.39, 0.29) is 67.3 Å². The second-order valence-electron chi connectivity index (χ2n) is 32.4. The van der Waals surface area contributed by atoms with Crippen LogP contribution in [-0.2, 0) is 12.6 Å². The number of furan rings is 6. The van der Waals surface area contributed by atoms with E-state index in [1.807, 2.05) is 87.5 Å². The van der Waals surface area contributed by atoms with Gasteiger partial charge in [-0.2, -0.15) is 17.6 Å². The fourth-order valence-electron chi connectivity index (χ4n) is 15.5. The Morgan fingerprint density at radius 1 is 0.350 bits per heavy atom. The summed E-state index contributed by atoms with van der Waals surface area (Å²) in [5, 5.41) is 74.6. The number of halogens is 6. The van der Waals surface area contributed by atoms with Gasteiger partial charge < -0.3 is 61.9 Å². The molecule has 1 aliphatic heterocycles. The van der Waals surface area contributed by atoms with Crippen LogP contribution in [0.15, 0.2) is 294 Å². The number of aromatic hydroxyl groups is 6. The van der Waals surface area contributed by atoms with Gasteiger partial charge in [0.05, 0.1) is 63.5 Å². The molecular weight excluding hydrogens is 1830 g/mol. The minimum absolute atomic E-state index is 0.00559. The summed E-state index contributed by atoms with van der Waals surface area (Å²) >= 11 is 11.8. The number of hydrogen-bond acceptors (Lipinski definition) is 15. The molecule has 22 nitrogen and oxygen atoms in total. The van der Waals surface area contributed by atoms with Gasteiger partial charge in [-0.1, -0.05) is 103 Å². The standard InChI is InChI=1S/C17H10F3NO2.2C16H10ClNO2.C16H10FNO2.C16H13NO2.C16H11NO.C15H11NO4/c1-9-3-4-10(5-14(9)22)12-6-11(21-2)7-15-13(12)8-16(23-15)17(18,19)20;1-9-3-4-10(6-14(9)19)13-8-12(18-2)5-11-7-15(17)20-16(11)13;2*1-9-3-4-10(5-14(9)19)12-6-11(18-2)7-15-13(12)8-16(17)20-15;1-10-3-4-11(7-15(10)18)14-8-12(17-2)9-16-13(14)5-6-19-16;1-11-3-5-12(6-4-11)15-10-14(17-2)9-13-7-8-18-16(13)15;1-9-2-3-10(7-14(9)17)13-8-12(16(18)19)6-11-4-5-20-15(11)13/h3-8,22H,1H3;3*3-8,19H,1H3;3-4,7-9,18H,5-6H2,1H3;3-10H,1H3;2-8,17H,1H3. The summed E-state index contributed by atoms with van der Waals surface area (Å²) in [6.45, 7) is 56.4. The third-order valence-corrected chi connectivity index (χ3v) is 23.4. The number of nitrogens with zero attached hydrogens (tertiary/aromatic N) is 7. The molecule has 140 heavy (non-hydrogen) atoms. The summed E-state index contributed by atoms with van der Waals surface area (Å²) in [6, 6.07) is 71.4. The number of rotatable bonds is 8. The molecule has 690 valence electrons. The Hall–Kier alpha value is -18.4. The zero-order chi connectivity index (χ0) is 99.8. The van der Waals surface area contributed by atoms with Gasteiger partial charge in [0.15, 0.2) is 44.6 Å². The quantitative estimate of drug-likeness (QED) is 0.0357. The third kappa shape index (κ3) is 21.2. The number of non-ortho nitro benzene ring substituents is 1. The molecule has 0 saturated carbocycles. The van der Waals surface area contributed by atoms with Gasteiger partial charge in [-0.3, -0.25) is 10.1 Å². The summed E-state index contributed by atoms with van der Waals surface area (Å²) in [7, 11) is 0. The van der Waals surface area contributed by atoms with Crippen LogP contribution in [0.1, 0.15) is 50.3 Å². The molecule has 0 spiro atoms. The number of hydrogen-bond donors (Lipinski definition) is 6. The maximum absolute atomic E-state index is 13.3. The fourth-order valence-corrected chi connectivity index (χ4v) is 15.9. The molecule has 7 heterocycles. The lowest BCUT2D eigenvalue weighted by Gasteiger charge is -2.10. The molecule has 28 heteroatoms. The number of fused-ring (bicyclic) bond motifs is 7. The van der Waals surface area contributed by atoms with Crippen LogP contribution in [0.3, 0.4) is 0 Å². The lowest BCUT2D eigenvalue weighted by molar-refractivity contribution is -0.384. The number of ether oxygens (including phenoxy) is 1. The van der Waals surface area contributed by atoms with Crippen LogP contribution in [0, 0.1) is 104 Å². The van der Waals surface area contributed by atoms with Gasteiger partial charge in [-0.05, 0) is 294 Å². The van der Waals surface area contributed by atoms with Gasteiger partial charge in [-0.25, -0.2) is 29.1 Å². The highest BCUT2D eigenvalue weighted by Crippen LogP contribution is 2.47. The van der Waals surface area contributed by atoms with Crippen molar-refractivity contribution in [3.05, 3.63) is 413 Å². The van der Waals surface area contributed by atoms with Crippen molar-refractivity contribution in [2.24, 2.45) is 0 Å². The lowest BCUT2D eigenvalue weighted by atomic mass is 9.96. The Kier molecular flexibility index (Phi) is 28.0. The van der Waals surface area contributed by atoms with E-state index >= 15 is 0 Å². The Labute approximate surface area is 806 Å². The summed E-state index contributed by atoms with van der Waals surface area (Å²) < 4.78 is 89.1. The zero-order valence-electron chi connectivity index (χ0n) is 75.1. The van der Waals surface area contributed by atoms with Crippen LogP contribution in [0.2, 0.25) is 10.4 Å². The minimum atomic E-state index is -4.61. The SMILES string of the molecule is Cc1ccc(-c2cc([N+](=O)[O-])cc3ccoc23)cc1O.[C-]#[N+]c1cc(-c2ccc(C)c(O)c2)c2cc(C(F)(F)F)oc2c1.[C-]#[N+]c1cc(-c2ccc(C)c(O)c2)c2cc(Cl)oc2c1.[C-]#[N+]c1cc(-c2ccc(C)c(O)c2)c2cc(F)oc2c1.[C-]#[N+]c1cc(-c2ccc(C)c(O)c2)c2oc(Cl)cc2c1.[C-]#[N+]c1cc(-c2ccc(C)cc2)c2occc2c1.[C-]#[N+]c1cc2c(c(-c3ccc(C)c(O)c3)c1)CCO2. The Morgan fingerprint density at radius 2 is 0.693 bits per heavy atom. The molecule has 0 bridgehead atoms. The van der Waals surface area contributed by atoms with E-state index in [1.54, 1.807) is 142 Å². The first-order valence-corrected chi connectivity index (χ1v) is 43.2. The molecular formula is C112H75Cl2F4N7O15. The third-order valence-electron chi connectivity index (χ3n) is 23.0. The molecule has 20 aromatic rings. The fraction of sp³-hybridized carbons (Fsp3) is 0.0893. The van der Waals surface area contributed by atoms with E-state index in [0.717, 1.165) is 118 Å². The van der Waals surface area contributed by atoms with Crippen LogP contribution in [0.25, 0.3) is 173 Å². The van der Waals surface area contributed by atoms with E-state index in [9.17, 15) is 58.3 Å². The molecule has 0 aliphatic carbocycles. The maximum atomic E-state index is 13.3. The number of phenolic OH excluding ortho intramolecular Hbond substituents is 6. The number of alkyl halides is 3. The van der Waals surface area contributed by atoms with Crippen LogP contribution < -0.4 is 4.74 Å². The molecule has 6 N–H and O–H groups in total. The Balaban J connectivity index is 0.000000124. The van der Waals surface area contributed by atoms with Gasteiger partial charge in [0.2, 0.25) is 5.76 Å². The van der Waals surface area contributed by atoms with E-state index < -0.39 is 22.9 Å². The van der Waals surface area contributed by atoms with Crippen LogP contribution in [0.4, 0.5) is 57.4 Å². The van der Waals surface area contributed by atoms with E-state index in [4.69, 9.17) is 93.9 Å². The van der Waals surface area contributed by atoms with Gasteiger partial charge >= 0.3 is 6.18 Å². The summed E-state index contributed by atoms with van der Waals surface area (Å²) in [4.78, 5) is 31.1. The average molecular weight is 1910 g/mol. The van der Waals surface area contributed by atoms with Crippen LogP contribution in [-0.4, -0.2) is 42.2 Å². The topological polar surface area (TPSA) is 279 Å². The first kappa shape index (κ1) is 96.1. The van der Waals surface area contributed by atoms with Crippen LogP contribution in [0.5, 0.6) is 40.2 Å². The molecule has 0 radical (unpaired) electrons. The van der Waals surface area contributed by atoms with Gasteiger partial charge in [0.1, 0.15) is 73.7 Å². The number of phenols is 6. The molecule has 0 unspecified atom stereocenters. The van der Waals surface area contributed by atoms with Crippen molar-refractivity contribution >= 4 is 129 Å². The highest BCUT2D eigenvalue weighted by atomic mass is 35.5. The number of nitro groups is 1. The van der Waals surface area contributed by atoms with Crippen molar-refractivity contribution in [2.75, 3.05) is 6.61 Å².